The van der Waals surface area contributed by atoms with Crippen LogP contribution >= 0.6 is 24.0 Å². The summed E-state index contributed by atoms with van der Waals surface area (Å²) in [5.74, 6) is 1.35. The molecular formula is C22H39IN4O3. The molecule has 1 aromatic rings. The highest BCUT2D eigenvalue weighted by Gasteiger charge is 2.21. The number of halogens is 1. The maximum absolute atomic E-state index is 10.2. The van der Waals surface area contributed by atoms with E-state index in [1.165, 1.54) is 0 Å². The first-order valence-corrected chi connectivity index (χ1v) is 10.7. The summed E-state index contributed by atoms with van der Waals surface area (Å²) in [6.45, 7) is 12.8. The van der Waals surface area contributed by atoms with Crippen LogP contribution in [-0.2, 0) is 16.1 Å². The molecule has 1 aliphatic rings. The number of nitrogens with one attached hydrogen (secondary N) is 2. The highest BCUT2D eigenvalue weighted by atomic mass is 127. The molecular weight excluding hydrogens is 495 g/mol. The summed E-state index contributed by atoms with van der Waals surface area (Å²) in [6.07, 6.45) is -0.493. The normalized spacial score (nSPS) is 18.7. The van der Waals surface area contributed by atoms with Gasteiger partial charge in [0.25, 0.3) is 0 Å². The van der Waals surface area contributed by atoms with Gasteiger partial charge in [0.15, 0.2) is 5.96 Å². The van der Waals surface area contributed by atoms with Crippen molar-refractivity contribution in [2.75, 3.05) is 52.5 Å². The van der Waals surface area contributed by atoms with Crippen LogP contribution in [0.15, 0.2) is 35.3 Å². The number of rotatable bonds is 11. The molecule has 3 N–H and O–H groups in total. The van der Waals surface area contributed by atoms with Gasteiger partial charge in [-0.3, -0.25) is 9.89 Å². The predicted molar refractivity (Wildman–Crippen MR) is 133 cm³/mol. The van der Waals surface area contributed by atoms with Gasteiger partial charge in [0.05, 0.1) is 38.6 Å². The summed E-state index contributed by atoms with van der Waals surface area (Å²) < 4.78 is 11.5. The van der Waals surface area contributed by atoms with Crippen molar-refractivity contribution in [3.05, 3.63) is 35.9 Å². The molecule has 0 aromatic heterocycles. The smallest absolute Gasteiger partial charge is 0.191 e. The Bertz CT molecular complexity index is 589. The zero-order chi connectivity index (χ0) is 20.9. The van der Waals surface area contributed by atoms with E-state index >= 15 is 0 Å². The number of morpholine rings is 1. The average molecular weight is 534 g/mol. The van der Waals surface area contributed by atoms with E-state index in [4.69, 9.17) is 9.47 Å². The standard InChI is InChI=1S/C22H38N4O3.HI/c1-4-23-22(25-13-21-15-26(10-11-29-21)14-18(2)3)24-12-20(27)17-28-16-19-8-6-5-7-9-19;/h5-9,18,20-21,27H,4,10-17H2,1-3H3,(H2,23,24,25);1H. The number of aliphatic imine (C=N–C) groups is 1. The van der Waals surface area contributed by atoms with Gasteiger partial charge < -0.3 is 25.2 Å². The van der Waals surface area contributed by atoms with Crippen LogP contribution in [0.5, 0.6) is 0 Å². The number of aliphatic hydroxyl groups is 1. The molecule has 1 aliphatic heterocycles. The van der Waals surface area contributed by atoms with Gasteiger partial charge in [-0.2, -0.15) is 0 Å². The van der Waals surface area contributed by atoms with Gasteiger partial charge >= 0.3 is 0 Å². The summed E-state index contributed by atoms with van der Waals surface area (Å²) in [4.78, 5) is 6.94. The molecule has 1 saturated heterocycles. The number of hydrogen-bond acceptors (Lipinski definition) is 5. The molecule has 30 heavy (non-hydrogen) atoms. The molecule has 2 unspecified atom stereocenters. The molecule has 0 spiro atoms. The summed E-state index contributed by atoms with van der Waals surface area (Å²) in [7, 11) is 0. The van der Waals surface area contributed by atoms with Gasteiger partial charge in [0, 0.05) is 32.7 Å². The third kappa shape index (κ3) is 11.5. The Morgan fingerprint density at radius 2 is 2.07 bits per heavy atom. The highest BCUT2D eigenvalue weighted by molar-refractivity contribution is 14.0. The van der Waals surface area contributed by atoms with Crippen LogP contribution in [0.1, 0.15) is 26.3 Å². The maximum Gasteiger partial charge on any atom is 0.191 e. The minimum atomic E-state index is -0.637. The van der Waals surface area contributed by atoms with Crippen LogP contribution < -0.4 is 10.6 Å². The first-order valence-electron chi connectivity index (χ1n) is 10.7. The van der Waals surface area contributed by atoms with E-state index in [1.54, 1.807) is 0 Å². The van der Waals surface area contributed by atoms with Crippen molar-refractivity contribution >= 4 is 29.9 Å². The number of nitrogens with zero attached hydrogens (tertiary/aromatic N) is 2. The third-order valence-electron chi connectivity index (χ3n) is 4.57. The second-order valence-corrected chi connectivity index (χ2v) is 7.90. The summed E-state index contributed by atoms with van der Waals surface area (Å²) in [5.41, 5.74) is 1.09. The lowest BCUT2D eigenvalue weighted by Gasteiger charge is -2.34. The first-order chi connectivity index (χ1) is 14.1. The molecule has 1 heterocycles. The zero-order valence-electron chi connectivity index (χ0n) is 18.5. The highest BCUT2D eigenvalue weighted by Crippen LogP contribution is 2.07. The molecule has 1 fully saturated rings. The summed E-state index contributed by atoms with van der Waals surface area (Å²) in [6, 6.07) is 9.95. The molecule has 0 radical (unpaired) electrons. The Morgan fingerprint density at radius 1 is 1.30 bits per heavy atom. The third-order valence-corrected chi connectivity index (χ3v) is 4.57. The number of ether oxygens (including phenoxy) is 2. The number of guanidine groups is 1. The van der Waals surface area contributed by atoms with Crippen molar-refractivity contribution < 1.29 is 14.6 Å². The minimum absolute atomic E-state index is 0. The largest absolute Gasteiger partial charge is 0.389 e. The van der Waals surface area contributed by atoms with E-state index in [1.807, 2.05) is 37.3 Å². The van der Waals surface area contributed by atoms with E-state index in [-0.39, 0.29) is 43.2 Å². The first kappa shape index (κ1) is 27.1. The molecule has 2 rings (SSSR count). The van der Waals surface area contributed by atoms with Gasteiger partial charge in [0.1, 0.15) is 0 Å². The number of hydrogen-bond donors (Lipinski definition) is 3. The Morgan fingerprint density at radius 3 is 2.77 bits per heavy atom. The maximum atomic E-state index is 10.2. The van der Waals surface area contributed by atoms with E-state index in [0.717, 1.165) is 38.3 Å². The molecule has 8 heteroatoms. The van der Waals surface area contributed by atoms with Crippen molar-refractivity contribution in [2.45, 2.75) is 39.6 Å². The van der Waals surface area contributed by atoms with E-state index in [2.05, 4.69) is 34.4 Å². The van der Waals surface area contributed by atoms with Crippen LogP contribution in [0, 0.1) is 5.92 Å². The lowest BCUT2D eigenvalue weighted by Crippen LogP contribution is -2.50. The average Bonchev–Trinajstić information content (AvgIpc) is 2.71. The summed E-state index contributed by atoms with van der Waals surface area (Å²) in [5, 5.41) is 16.7. The Balaban J connectivity index is 0.00000450. The predicted octanol–water partition coefficient (Wildman–Crippen LogP) is 2.09. The molecule has 2 atom stereocenters. The Labute approximate surface area is 198 Å². The van der Waals surface area contributed by atoms with Crippen molar-refractivity contribution in [1.82, 2.24) is 15.5 Å². The van der Waals surface area contributed by atoms with Crippen molar-refractivity contribution in [3.8, 4) is 0 Å². The Kier molecular flexibility index (Phi) is 14.3. The molecule has 172 valence electrons. The van der Waals surface area contributed by atoms with E-state index < -0.39 is 6.10 Å². The van der Waals surface area contributed by atoms with Crippen molar-refractivity contribution in [1.29, 1.82) is 0 Å². The van der Waals surface area contributed by atoms with Gasteiger partial charge in [0.2, 0.25) is 0 Å². The zero-order valence-corrected chi connectivity index (χ0v) is 20.9. The fraction of sp³-hybridized carbons (Fsp3) is 0.682. The molecule has 0 saturated carbocycles. The topological polar surface area (TPSA) is 78.4 Å². The fourth-order valence-electron chi connectivity index (χ4n) is 3.27. The van der Waals surface area contributed by atoms with Crippen LogP contribution in [0.2, 0.25) is 0 Å². The van der Waals surface area contributed by atoms with Crippen LogP contribution in [0.25, 0.3) is 0 Å². The second kappa shape index (κ2) is 15.8. The van der Waals surface area contributed by atoms with Crippen LogP contribution in [0.3, 0.4) is 0 Å². The molecule has 7 nitrogen and oxygen atoms in total. The minimum Gasteiger partial charge on any atom is -0.389 e. The second-order valence-electron chi connectivity index (χ2n) is 7.90. The number of aliphatic hydroxyl groups excluding tert-OH is 1. The fourth-order valence-corrected chi connectivity index (χ4v) is 3.27. The van der Waals surface area contributed by atoms with E-state index in [0.29, 0.717) is 25.0 Å². The lowest BCUT2D eigenvalue weighted by molar-refractivity contribution is -0.0284. The Hall–Kier alpha value is -0.940. The monoisotopic (exact) mass is 534 g/mol. The molecule has 0 aliphatic carbocycles. The lowest BCUT2D eigenvalue weighted by atomic mass is 10.2. The quantitative estimate of drug-likeness (QED) is 0.229. The van der Waals surface area contributed by atoms with Gasteiger partial charge in [-0.15, -0.1) is 24.0 Å². The summed E-state index contributed by atoms with van der Waals surface area (Å²) >= 11 is 0. The van der Waals surface area contributed by atoms with Crippen LogP contribution in [0.4, 0.5) is 0 Å². The van der Waals surface area contributed by atoms with Gasteiger partial charge in [-0.25, -0.2) is 0 Å². The molecule has 1 aromatic carbocycles. The number of benzene rings is 1. The van der Waals surface area contributed by atoms with Gasteiger partial charge in [-0.05, 0) is 18.4 Å². The van der Waals surface area contributed by atoms with Gasteiger partial charge in [-0.1, -0.05) is 44.2 Å². The van der Waals surface area contributed by atoms with Crippen molar-refractivity contribution in [2.24, 2.45) is 10.9 Å². The molecule has 0 amide bonds. The SMILES string of the molecule is CCNC(=NCC(O)COCc1ccccc1)NCC1CN(CC(C)C)CCO1.I. The molecule has 0 bridgehead atoms. The van der Waals surface area contributed by atoms with E-state index in [9.17, 15) is 5.11 Å². The van der Waals surface area contributed by atoms with Crippen LogP contribution in [-0.4, -0.2) is 80.7 Å². The van der Waals surface area contributed by atoms with Crippen molar-refractivity contribution in [3.63, 3.8) is 0 Å².